The van der Waals surface area contributed by atoms with Crippen LogP contribution in [0.2, 0.25) is 0 Å². The van der Waals surface area contributed by atoms with Crippen LogP contribution in [0.1, 0.15) is 44.0 Å². The van der Waals surface area contributed by atoms with E-state index in [4.69, 9.17) is 5.11 Å². The molecule has 4 nitrogen and oxygen atoms in total. The maximum atomic E-state index is 13.8. The largest absolute Gasteiger partial charge is 0.478 e. The lowest BCUT2D eigenvalue weighted by Crippen LogP contribution is -2.16. The van der Waals surface area contributed by atoms with Crippen LogP contribution in [0.5, 0.6) is 0 Å². The molecule has 6 heteroatoms. The molecule has 0 aliphatic heterocycles. The minimum atomic E-state index is -1.16. The Hall–Kier alpha value is -2.21. The summed E-state index contributed by atoms with van der Waals surface area (Å²) in [6.45, 7) is 0. The first-order chi connectivity index (χ1) is 10.6. The molecule has 2 N–H and O–H groups in total. The number of anilines is 1. The highest BCUT2D eigenvalue weighted by Crippen LogP contribution is 2.31. The van der Waals surface area contributed by atoms with Gasteiger partial charge in [0.1, 0.15) is 5.82 Å². The molecule has 0 radical (unpaired) electrons. The van der Waals surface area contributed by atoms with E-state index in [0.717, 1.165) is 43.4 Å². The summed E-state index contributed by atoms with van der Waals surface area (Å²) in [5.41, 5.74) is 1.44. The van der Waals surface area contributed by atoms with Crippen molar-refractivity contribution < 1.29 is 19.1 Å². The quantitative estimate of drug-likeness (QED) is 0.906. The van der Waals surface area contributed by atoms with Gasteiger partial charge in [-0.25, -0.2) is 9.18 Å². The maximum absolute atomic E-state index is 13.8. The molecule has 1 amide bonds. The number of benzene rings is 1. The molecule has 0 bridgehead atoms. The van der Waals surface area contributed by atoms with Gasteiger partial charge >= 0.3 is 5.97 Å². The van der Waals surface area contributed by atoms with E-state index in [9.17, 15) is 14.0 Å². The van der Waals surface area contributed by atoms with Crippen molar-refractivity contribution in [3.63, 3.8) is 0 Å². The molecule has 1 aliphatic carbocycles. The van der Waals surface area contributed by atoms with Crippen molar-refractivity contribution in [2.24, 2.45) is 0 Å². The van der Waals surface area contributed by atoms with Gasteiger partial charge in [-0.2, -0.15) is 0 Å². The number of carboxylic acids is 1. The van der Waals surface area contributed by atoms with Crippen LogP contribution in [-0.2, 0) is 12.8 Å². The minimum absolute atomic E-state index is 0.0657. The Bertz CT molecular complexity index is 754. The number of carbonyl (C=O) groups is 2. The lowest BCUT2D eigenvalue weighted by atomic mass is 9.95. The number of carbonyl (C=O) groups excluding carboxylic acids is 1. The fourth-order valence-corrected chi connectivity index (χ4v) is 3.75. The molecular formula is C16H14FNO3S. The molecule has 114 valence electrons. The van der Waals surface area contributed by atoms with Gasteiger partial charge < -0.3 is 10.4 Å². The zero-order chi connectivity index (χ0) is 15.7. The van der Waals surface area contributed by atoms with Crippen LogP contribution in [0, 0.1) is 5.82 Å². The molecule has 0 atom stereocenters. The van der Waals surface area contributed by atoms with Gasteiger partial charge in [0.15, 0.2) is 0 Å². The first-order valence-electron chi connectivity index (χ1n) is 6.99. The number of aryl methyl sites for hydroxylation is 1. The first-order valence-corrected chi connectivity index (χ1v) is 7.87. The smallest absolute Gasteiger partial charge is 0.335 e. The summed E-state index contributed by atoms with van der Waals surface area (Å²) in [6, 6.07) is 3.34. The topological polar surface area (TPSA) is 66.4 Å². The average molecular weight is 319 g/mol. The van der Waals surface area contributed by atoms with Gasteiger partial charge in [0.2, 0.25) is 0 Å². The third-order valence-corrected chi connectivity index (χ3v) is 4.86. The van der Waals surface area contributed by atoms with Crippen molar-refractivity contribution in [1.29, 1.82) is 0 Å². The third-order valence-electron chi connectivity index (χ3n) is 3.77. The number of thiophene rings is 1. The normalized spacial score (nSPS) is 13.5. The average Bonchev–Trinajstić information content (AvgIpc) is 2.93. The summed E-state index contributed by atoms with van der Waals surface area (Å²) in [6.07, 6.45) is 4.02. The number of hydrogen-bond donors (Lipinski definition) is 2. The molecule has 22 heavy (non-hydrogen) atoms. The Labute approximate surface area is 130 Å². The van der Waals surface area contributed by atoms with E-state index in [1.807, 2.05) is 0 Å². The first kappa shape index (κ1) is 14.7. The zero-order valence-corrected chi connectivity index (χ0v) is 12.5. The predicted molar refractivity (Wildman–Crippen MR) is 82.3 cm³/mol. The fourth-order valence-electron chi connectivity index (χ4n) is 2.63. The minimum Gasteiger partial charge on any atom is -0.478 e. The Morgan fingerprint density at radius 3 is 2.77 bits per heavy atom. The SMILES string of the molecule is O=C(O)c1ccc(F)c(NC(=O)c2csc3c2CCCC3)c1. The number of amides is 1. The Balaban J connectivity index is 1.87. The standard InChI is InChI=1S/C16H14FNO3S/c17-12-6-5-9(16(20)21)7-13(12)18-15(19)11-8-22-14-4-2-1-3-10(11)14/h5-8H,1-4H2,(H,18,19)(H,20,21). The number of nitrogens with one attached hydrogen (secondary N) is 1. The van der Waals surface area contributed by atoms with Crippen LogP contribution in [-0.4, -0.2) is 17.0 Å². The van der Waals surface area contributed by atoms with Crippen molar-refractivity contribution >= 4 is 28.9 Å². The molecular weight excluding hydrogens is 305 g/mol. The second kappa shape index (κ2) is 5.88. The molecule has 1 heterocycles. The van der Waals surface area contributed by atoms with E-state index < -0.39 is 11.8 Å². The Kier molecular flexibility index (Phi) is 3.94. The highest BCUT2D eigenvalue weighted by molar-refractivity contribution is 7.10. The van der Waals surface area contributed by atoms with Crippen LogP contribution in [0.4, 0.5) is 10.1 Å². The number of aromatic carboxylic acids is 1. The maximum Gasteiger partial charge on any atom is 0.335 e. The summed E-state index contributed by atoms with van der Waals surface area (Å²) in [5, 5.41) is 13.2. The second-order valence-electron chi connectivity index (χ2n) is 5.21. The second-order valence-corrected chi connectivity index (χ2v) is 6.18. The summed E-state index contributed by atoms with van der Waals surface area (Å²) in [7, 11) is 0. The summed E-state index contributed by atoms with van der Waals surface area (Å²) < 4.78 is 13.8. The molecule has 2 aromatic rings. The molecule has 3 rings (SSSR count). The highest BCUT2D eigenvalue weighted by Gasteiger charge is 2.21. The molecule has 1 aromatic carbocycles. The van der Waals surface area contributed by atoms with Crippen molar-refractivity contribution in [2.75, 3.05) is 5.32 Å². The predicted octanol–water partition coefficient (Wildman–Crippen LogP) is 3.72. The van der Waals surface area contributed by atoms with Crippen LogP contribution in [0.3, 0.4) is 0 Å². The number of fused-ring (bicyclic) bond motifs is 1. The van der Waals surface area contributed by atoms with Gasteiger partial charge in [-0.3, -0.25) is 4.79 Å². The van der Waals surface area contributed by atoms with Crippen LogP contribution >= 0.6 is 11.3 Å². The van der Waals surface area contributed by atoms with E-state index in [1.165, 1.54) is 10.9 Å². The van der Waals surface area contributed by atoms with E-state index in [2.05, 4.69) is 5.32 Å². The lowest BCUT2D eigenvalue weighted by molar-refractivity contribution is 0.0696. The van der Waals surface area contributed by atoms with E-state index in [-0.39, 0.29) is 17.2 Å². The summed E-state index contributed by atoms with van der Waals surface area (Å²) >= 11 is 1.55. The van der Waals surface area contributed by atoms with E-state index in [0.29, 0.717) is 5.56 Å². The van der Waals surface area contributed by atoms with Gasteiger partial charge in [-0.1, -0.05) is 0 Å². The summed E-state index contributed by atoms with van der Waals surface area (Å²) in [4.78, 5) is 24.5. The van der Waals surface area contributed by atoms with Crippen molar-refractivity contribution in [3.8, 4) is 0 Å². The number of halogens is 1. The van der Waals surface area contributed by atoms with Crippen molar-refractivity contribution in [1.82, 2.24) is 0 Å². The number of carboxylic acid groups (broad SMARTS) is 1. The van der Waals surface area contributed by atoms with Crippen molar-refractivity contribution in [3.05, 3.63) is 51.0 Å². The summed E-state index contributed by atoms with van der Waals surface area (Å²) in [5.74, 6) is -2.20. The molecule has 0 saturated heterocycles. The van der Waals surface area contributed by atoms with Gasteiger partial charge in [-0.15, -0.1) is 11.3 Å². The number of rotatable bonds is 3. The van der Waals surface area contributed by atoms with Gasteiger partial charge in [0.25, 0.3) is 5.91 Å². The van der Waals surface area contributed by atoms with Crippen LogP contribution in [0.25, 0.3) is 0 Å². The van der Waals surface area contributed by atoms with Gasteiger partial charge in [-0.05, 0) is 49.4 Å². The Morgan fingerprint density at radius 1 is 1.23 bits per heavy atom. The molecule has 0 fully saturated rings. The van der Waals surface area contributed by atoms with E-state index >= 15 is 0 Å². The number of hydrogen-bond acceptors (Lipinski definition) is 3. The Morgan fingerprint density at radius 2 is 2.00 bits per heavy atom. The van der Waals surface area contributed by atoms with E-state index in [1.54, 1.807) is 16.7 Å². The molecule has 1 aromatic heterocycles. The van der Waals surface area contributed by atoms with Crippen LogP contribution in [0.15, 0.2) is 23.6 Å². The van der Waals surface area contributed by atoms with Gasteiger partial charge in [0.05, 0.1) is 16.8 Å². The monoisotopic (exact) mass is 319 g/mol. The highest BCUT2D eigenvalue weighted by atomic mass is 32.1. The molecule has 0 unspecified atom stereocenters. The molecule has 0 spiro atoms. The van der Waals surface area contributed by atoms with Crippen LogP contribution < -0.4 is 5.32 Å². The molecule has 1 aliphatic rings. The third kappa shape index (κ3) is 2.74. The van der Waals surface area contributed by atoms with Crippen molar-refractivity contribution in [2.45, 2.75) is 25.7 Å². The zero-order valence-electron chi connectivity index (χ0n) is 11.7. The fraction of sp³-hybridized carbons (Fsp3) is 0.250. The molecule has 0 saturated carbocycles. The van der Waals surface area contributed by atoms with Gasteiger partial charge in [0, 0.05) is 10.3 Å². The lowest BCUT2D eigenvalue weighted by Gasteiger charge is -2.13.